The second-order valence-corrected chi connectivity index (χ2v) is 7.35. The first kappa shape index (κ1) is 18.5. The first-order valence-corrected chi connectivity index (χ1v) is 9.08. The predicted molar refractivity (Wildman–Crippen MR) is 99.5 cm³/mol. The summed E-state index contributed by atoms with van der Waals surface area (Å²) < 4.78 is 44.7. The van der Waals surface area contributed by atoms with Gasteiger partial charge in [0.25, 0.3) is 0 Å². The SMILES string of the molecule is CC(=O)c1cc([C@]2(c3ccccc3)CC2c2ccc(C(F)(F)F)cc2)oc1C. The molecule has 1 aromatic heterocycles. The number of halogens is 3. The summed E-state index contributed by atoms with van der Waals surface area (Å²) >= 11 is 0. The molecule has 144 valence electrons. The quantitative estimate of drug-likeness (QED) is 0.495. The van der Waals surface area contributed by atoms with Crippen LogP contribution in [-0.2, 0) is 11.6 Å². The van der Waals surface area contributed by atoms with Gasteiger partial charge in [-0.2, -0.15) is 13.2 Å². The molecular formula is C23H19F3O2. The first-order valence-electron chi connectivity index (χ1n) is 9.08. The van der Waals surface area contributed by atoms with Crippen LogP contribution < -0.4 is 0 Å². The van der Waals surface area contributed by atoms with Crippen molar-refractivity contribution in [1.82, 2.24) is 0 Å². The van der Waals surface area contributed by atoms with E-state index in [1.165, 1.54) is 6.92 Å². The number of benzene rings is 2. The lowest BCUT2D eigenvalue weighted by Crippen LogP contribution is -2.11. The molecule has 1 fully saturated rings. The van der Waals surface area contributed by atoms with E-state index >= 15 is 0 Å². The molecule has 5 heteroatoms. The normalized spacial score (nSPS) is 21.5. The van der Waals surface area contributed by atoms with Crippen LogP contribution in [0.2, 0.25) is 0 Å². The lowest BCUT2D eigenvalue weighted by atomic mass is 9.88. The molecular weight excluding hydrogens is 365 g/mol. The second kappa shape index (κ2) is 6.36. The smallest absolute Gasteiger partial charge is 0.416 e. The zero-order valence-corrected chi connectivity index (χ0v) is 15.5. The van der Waals surface area contributed by atoms with Gasteiger partial charge in [0, 0.05) is 5.92 Å². The van der Waals surface area contributed by atoms with E-state index in [2.05, 4.69) is 0 Å². The number of hydrogen-bond acceptors (Lipinski definition) is 2. The highest BCUT2D eigenvalue weighted by atomic mass is 19.4. The average Bonchev–Trinajstić information content (AvgIpc) is 3.30. The van der Waals surface area contributed by atoms with E-state index in [1.54, 1.807) is 25.1 Å². The fraction of sp³-hybridized carbons (Fsp3) is 0.261. The number of alkyl halides is 3. The zero-order valence-electron chi connectivity index (χ0n) is 15.5. The number of carbonyl (C=O) groups is 1. The summed E-state index contributed by atoms with van der Waals surface area (Å²) in [6.07, 6.45) is -3.64. The maximum atomic E-state index is 12.9. The molecule has 1 heterocycles. The van der Waals surface area contributed by atoms with Gasteiger partial charge in [0.1, 0.15) is 11.5 Å². The Bertz CT molecular complexity index is 1020. The average molecular weight is 384 g/mol. The zero-order chi connectivity index (χ0) is 20.1. The van der Waals surface area contributed by atoms with Gasteiger partial charge in [0.2, 0.25) is 0 Å². The van der Waals surface area contributed by atoms with Crippen molar-refractivity contribution in [2.75, 3.05) is 0 Å². The van der Waals surface area contributed by atoms with E-state index in [0.29, 0.717) is 23.5 Å². The molecule has 0 bridgehead atoms. The summed E-state index contributed by atoms with van der Waals surface area (Å²) in [4.78, 5) is 11.9. The predicted octanol–water partition coefficient (Wildman–Crippen LogP) is 6.28. The first-order chi connectivity index (χ1) is 13.2. The lowest BCUT2D eigenvalue weighted by Gasteiger charge is -2.16. The number of ketones is 1. The molecule has 1 aliphatic rings. The number of furan rings is 1. The summed E-state index contributed by atoms with van der Waals surface area (Å²) in [5.74, 6) is 1.17. The number of carbonyl (C=O) groups excluding carboxylic acids is 1. The Morgan fingerprint density at radius 3 is 2.25 bits per heavy atom. The van der Waals surface area contributed by atoms with Crippen molar-refractivity contribution < 1.29 is 22.4 Å². The summed E-state index contributed by atoms with van der Waals surface area (Å²) in [5.41, 5.74) is 1.27. The van der Waals surface area contributed by atoms with E-state index in [0.717, 1.165) is 23.3 Å². The molecule has 0 spiro atoms. The van der Waals surface area contributed by atoms with Crippen LogP contribution in [0.15, 0.2) is 65.1 Å². The Balaban J connectivity index is 1.78. The Labute approximate surface area is 161 Å². The molecule has 0 N–H and O–H groups in total. The largest absolute Gasteiger partial charge is 0.465 e. The molecule has 0 radical (unpaired) electrons. The molecule has 1 unspecified atom stereocenters. The molecule has 0 aliphatic heterocycles. The van der Waals surface area contributed by atoms with Gasteiger partial charge >= 0.3 is 6.18 Å². The minimum Gasteiger partial charge on any atom is -0.465 e. The maximum Gasteiger partial charge on any atom is 0.416 e. The minimum absolute atomic E-state index is 0.0115. The van der Waals surface area contributed by atoms with Crippen molar-refractivity contribution in [2.24, 2.45) is 0 Å². The molecule has 0 amide bonds. The topological polar surface area (TPSA) is 30.2 Å². The van der Waals surface area contributed by atoms with Crippen molar-refractivity contribution >= 4 is 5.78 Å². The van der Waals surface area contributed by atoms with Gasteiger partial charge in [-0.3, -0.25) is 4.79 Å². The Morgan fingerprint density at radius 2 is 1.71 bits per heavy atom. The van der Waals surface area contributed by atoms with Crippen LogP contribution in [-0.4, -0.2) is 5.78 Å². The van der Waals surface area contributed by atoms with Crippen molar-refractivity contribution in [3.05, 3.63) is 94.4 Å². The molecule has 3 aromatic rings. The van der Waals surface area contributed by atoms with Gasteiger partial charge in [-0.05, 0) is 49.6 Å². The highest BCUT2D eigenvalue weighted by Crippen LogP contribution is 2.64. The van der Waals surface area contributed by atoms with Gasteiger partial charge < -0.3 is 4.42 Å². The van der Waals surface area contributed by atoms with Crippen molar-refractivity contribution in [3.63, 3.8) is 0 Å². The number of rotatable bonds is 4. The van der Waals surface area contributed by atoms with Gasteiger partial charge in [0.05, 0.1) is 16.5 Å². The third-order valence-electron chi connectivity index (χ3n) is 5.63. The lowest BCUT2D eigenvalue weighted by molar-refractivity contribution is -0.137. The van der Waals surface area contributed by atoms with E-state index in [1.807, 2.05) is 30.3 Å². The van der Waals surface area contributed by atoms with Crippen LogP contribution in [0.3, 0.4) is 0 Å². The summed E-state index contributed by atoms with van der Waals surface area (Å²) in [6.45, 7) is 3.26. The van der Waals surface area contributed by atoms with Crippen LogP contribution >= 0.6 is 0 Å². The summed E-state index contributed by atoms with van der Waals surface area (Å²) in [6, 6.07) is 16.9. The molecule has 28 heavy (non-hydrogen) atoms. The van der Waals surface area contributed by atoms with Crippen molar-refractivity contribution in [1.29, 1.82) is 0 Å². The molecule has 4 rings (SSSR count). The molecule has 2 aromatic carbocycles. The number of hydrogen-bond donors (Lipinski definition) is 0. The second-order valence-electron chi connectivity index (χ2n) is 7.35. The summed E-state index contributed by atoms with van der Waals surface area (Å²) in [5, 5.41) is 0. The van der Waals surface area contributed by atoms with E-state index in [9.17, 15) is 18.0 Å². The highest BCUT2D eigenvalue weighted by Gasteiger charge is 2.59. The van der Waals surface area contributed by atoms with Crippen molar-refractivity contribution in [3.8, 4) is 0 Å². The van der Waals surface area contributed by atoms with Crippen LogP contribution in [0, 0.1) is 6.92 Å². The van der Waals surface area contributed by atoms with E-state index < -0.39 is 17.2 Å². The van der Waals surface area contributed by atoms with E-state index in [4.69, 9.17) is 4.42 Å². The van der Waals surface area contributed by atoms with Gasteiger partial charge in [0.15, 0.2) is 5.78 Å². The van der Waals surface area contributed by atoms with Crippen LogP contribution in [0.25, 0.3) is 0 Å². The molecule has 2 nitrogen and oxygen atoms in total. The molecule has 0 saturated heterocycles. The summed E-state index contributed by atoms with van der Waals surface area (Å²) in [7, 11) is 0. The monoisotopic (exact) mass is 384 g/mol. The van der Waals surface area contributed by atoms with E-state index in [-0.39, 0.29) is 11.7 Å². The van der Waals surface area contributed by atoms with Crippen molar-refractivity contribution in [2.45, 2.75) is 37.8 Å². The number of aryl methyl sites for hydroxylation is 1. The van der Waals surface area contributed by atoms with Crippen LogP contribution in [0.4, 0.5) is 13.2 Å². The fourth-order valence-electron chi connectivity index (χ4n) is 4.09. The van der Waals surface area contributed by atoms with Gasteiger partial charge in [-0.1, -0.05) is 42.5 Å². The molecule has 2 atom stereocenters. The Morgan fingerprint density at radius 1 is 1.07 bits per heavy atom. The third kappa shape index (κ3) is 2.95. The van der Waals surface area contributed by atoms with Gasteiger partial charge in [-0.15, -0.1) is 0 Å². The molecule has 1 saturated carbocycles. The van der Waals surface area contributed by atoms with Gasteiger partial charge in [-0.25, -0.2) is 0 Å². The standard InChI is InChI=1S/C23H19F3O2/c1-14(27)19-12-21(28-15(19)2)22(17-6-4-3-5-7-17)13-20(22)16-8-10-18(11-9-16)23(24,25)26/h3-12,20H,13H2,1-2H3/t20?,22-/m0/s1. The minimum atomic E-state index is -4.35. The Hall–Kier alpha value is -2.82. The van der Waals surface area contributed by atoms with Crippen LogP contribution in [0.5, 0.6) is 0 Å². The molecule has 1 aliphatic carbocycles. The highest BCUT2D eigenvalue weighted by molar-refractivity contribution is 5.95. The van der Waals surface area contributed by atoms with Crippen LogP contribution in [0.1, 0.15) is 57.8 Å². The Kier molecular flexibility index (Phi) is 4.21. The fourth-order valence-corrected chi connectivity index (χ4v) is 4.09. The maximum absolute atomic E-state index is 12.9. The number of Topliss-reactive ketones (excluding diaryl/α,β-unsaturated/α-hetero) is 1. The third-order valence-corrected chi connectivity index (χ3v) is 5.63.